The first-order chi connectivity index (χ1) is 14.9. The average Bonchev–Trinajstić information content (AvgIpc) is 3.56. The maximum absolute atomic E-state index is 12.6. The van der Waals surface area contributed by atoms with Crippen LogP contribution in [0.3, 0.4) is 0 Å². The lowest BCUT2D eigenvalue weighted by molar-refractivity contribution is -0.122. The zero-order valence-electron chi connectivity index (χ0n) is 18.7. The van der Waals surface area contributed by atoms with Crippen LogP contribution in [0.25, 0.3) is 10.8 Å². The molecule has 1 N–H and O–H groups in total. The highest BCUT2D eigenvalue weighted by Crippen LogP contribution is 2.47. The van der Waals surface area contributed by atoms with Crippen LogP contribution in [0.2, 0.25) is 0 Å². The van der Waals surface area contributed by atoms with E-state index in [-0.39, 0.29) is 23.2 Å². The van der Waals surface area contributed by atoms with E-state index in [0.29, 0.717) is 6.61 Å². The van der Waals surface area contributed by atoms with Crippen LogP contribution in [0.4, 0.5) is 0 Å². The number of nitrogens with zero attached hydrogens (tertiary/aromatic N) is 1. The highest BCUT2D eigenvalue weighted by Gasteiger charge is 2.44. The van der Waals surface area contributed by atoms with Gasteiger partial charge in [-0.15, -0.1) is 0 Å². The van der Waals surface area contributed by atoms with E-state index in [4.69, 9.17) is 4.74 Å². The molecule has 31 heavy (non-hydrogen) atoms. The number of amides is 1. The zero-order valence-corrected chi connectivity index (χ0v) is 18.7. The Morgan fingerprint density at radius 2 is 1.84 bits per heavy atom. The molecule has 1 aliphatic carbocycles. The average molecular weight is 415 g/mol. The molecule has 0 bridgehead atoms. The van der Waals surface area contributed by atoms with Crippen molar-refractivity contribution < 1.29 is 9.53 Å². The Labute approximate surface area is 184 Å². The largest absolute Gasteiger partial charge is 0.493 e. The summed E-state index contributed by atoms with van der Waals surface area (Å²) in [7, 11) is 0. The lowest BCUT2D eigenvalue weighted by Crippen LogP contribution is -2.20. The van der Waals surface area contributed by atoms with Gasteiger partial charge in [-0.3, -0.25) is 4.79 Å². The van der Waals surface area contributed by atoms with Crippen LogP contribution < -0.4 is 10.2 Å². The Morgan fingerprint density at radius 1 is 1.10 bits per heavy atom. The Bertz CT molecular complexity index is 1110. The molecular weight excluding hydrogens is 384 g/mol. The van der Waals surface area contributed by atoms with E-state index in [9.17, 15) is 4.79 Å². The van der Waals surface area contributed by atoms with E-state index in [1.54, 1.807) is 6.21 Å². The third kappa shape index (κ3) is 4.63. The second-order valence-corrected chi connectivity index (χ2v) is 9.19. The molecule has 0 aromatic heterocycles. The fourth-order valence-corrected chi connectivity index (χ4v) is 4.02. The number of hydrazone groups is 1. The molecule has 3 aromatic rings. The number of ether oxygens (including phenoxy) is 1. The summed E-state index contributed by atoms with van der Waals surface area (Å²) in [5.41, 5.74) is 6.29. The summed E-state index contributed by atoms with van der Waals surface area (Å²) >= 11 is 0. The molecular formula is C27H30N2O2. The fourth-order valence-electron chi connectivity index (χ4n) is 4.02. The number of carbonyl (C=O) groups excluding carboxylic acids is 1. The fraction of sp³-hybridized carbons (Fsp3) is 0.333. The van der Waals surface area contributed by atoms with Gasteiger partial charge in [-0.25, -0.2) is 5.43 Å². The van der Waals surface area contributed by atoms with Gasteiger partial charge in [0.25, 0.3) is 0 Å². The highest BCUT2D eigenvalue weighted by atomic mass is 16.5. The molecule has 4 rings (SSSR count). The van der Waals surface area contributed by atoms with Crippen molar-refractivity contribution in [1.29, 1.82) is 0 Å². The molecule has 0 aliphatic heterocycles. The van der Waals surface area contributed by atoms with Gasteiger partial charge in [-0.2, -0.15) is 5.10 Å². The van der Waals surface area contributed by atoms with Crippen molar-refractivity contribution >= 4 is 22.9 Å². The molecule has 1 aliphatic rings. The Hall–Kier alpha value is -3.14. The molecule has 0 heterocycles. The number of fused-ring (bicyclic) bond motifs is 1. The lowest BCUT2D eigenvalue weighted by Gasteiger charge is -2.19. The highest BCUT2D eigenvalue weighted by molar-refractivity contribution is 6.02. The summed E-state index contributed by atoms with van der Waals surface area (Å²) in [5.74, 6) is 0.999. The van der Waals surface area contributed by atoms with E-state index in [1.807, 2.05) is 37.3 Å². The number of hydrogen-bond acceptors (Lipinski definition) is 3. The van der Waals surface area contributed by atoms with Crippen LogP contribution in [0, 0.1) is 5.92 Å². The molecule has 4 heteroatoms. The predicted molar refractivity (Wildman–Crippen MR) is 127 cm³/mol. The smallest absolute Gasteiger partial charge is 0.243 e. The molecule has 160 valence electrons. The first-order valence-electron chi connectivity index (χ1n) is 11.0. The topological polar surface area (TPSA) is 50.7 Å². The molecule has 0 saturated heterocycles. The van der Waals surface area contributed by atoms with E-state index in [0.717, 1.165) is 28.5 Å². The summed E-state index contributed by atoms with van der Waals surface area (Å²) < 4.78 is 5.77. The predicted octanol–water partition coefficient (Wildman–Crippen LogP) is 5.79. The first kappa shape index (κ1) is 21.1. The second kappa shape index (κ2) is 8.54. The monoisotopic (exact) mass is 414 g/mol. The lowest BCUT2D eigenvalue weighted by atomic mass is 9.86. The van der Waals surface area contributed by atoms with E-state index < -0.39 is 0 Å². The summed E-state index contributed by atoms with van der Waals surface area (Å²) in [5, 5.41) is 6.43. The van der Waals surface area contributed by atoms with E-state index in [2.05, 4.69) is 61.6 Å². The molecule has 3 aromatic carbocycles. The molecule has 4 nitrogen and oxygen atoms in total. The maximum atomic E-state index is 12.6. The van der Waals surface area contributed by atoms with Gasteiger partial charge in [0.2, 0.25) is 5.91 Å². The summed E-state index contributed by atoms with van der Waals surface area (Å²) in [4.78, 5) is 12.6. The summed E-state index contributed by atoms with van der Waals surface area (Å²) in [6, 6.07) is 20.8. The van der Waals surface area contributed by atoms with Gasteiger partial charge >= 0.3 is 0 Å². The van der Waals surface area contributed by atoms with Crippen LogP contribution in [-0.4, -0.2) is 18.7 Å². The Balaban J connectivity index is 1.44. The van der Waals surface area contributed by atoms with Crippen molar-refractivity contribution in [2.75, 3.05) is 6.61 Å². The van der Waals surface area contributed by atoms with Gasteiger partial charge in [0, 0.05) is 11.5 Å². The minimum atomic E-state index is -0.0284. The van der Waals surface area contributed by atoms with Gasteiger partial charge in [0.05, 0.1) is 12.8 Å². The van der Waals surface area contributed by atoms with Gasteiger partial charge in [-0.05, 0) is 52.6 Å². The molecule has 0 unspecified atom stereocenters. The van der Waals surface area contributed by atoms with E-state index in [1.165, 1.54) is 11.1 Å². The number of hydrogen-bond donors (Lipinski definition) is 1. The van der Waals surface area contributed by atoms with Gasteiger partial charge in [0.1, 0.15) is 5.75 Å². The van der Waals surface area contributed by atoms with Crippen LogP contribution in [0.15, 0.2) is 65.8 Å². The second-order valence-electron chi connectivity index (χ2n) is 9.19. The Morgan fingerprint density at radius 3 is 2.55 bits per heavy atom. The van der Waals surface area contributed by atoms with Crippen LogP contribution in [-0.2, 0) is 10.2 Å². The van der Waals surface area contributed by atoms with Crippen molar-refractivity contribution in [3.63, 3.8) is 0 Å². The number of rotatable bonds is 6. The first-order valence-corrected chi connectivity index (χ1v) is 11.0. The van der Waals surface area contributed by atoms with Crippen molar-refractivity contribution in [2.45, 2.75) is 45.4 Å². The van der Waals surface area contributed by atoms with Gasteiger partial charge < -0.3 is 4.74 Å². The quantitative estimate of drug-likeness (QED) is 0.410. The Kier molecular flexibility index (Phi) is 5.81. The molecule has 1 amide bonds. The third-order valence-corrected chi connectivity index (χ3v) is 5.93. The minimum Gasteiger partial charge on any atom is -0.493 e. The van der Waals surface area contributed by atoms with E-state index >= 15 is 0 Å². The summed E-state index contributed by atoms with van der Waals surface area (Å²) in [6.45, 7) is 9.16. The van der Waals surface area contributed by atoms with Gasteiger partial charge in [0.15, 0.2) is 0 Å². The van der Waals surface area contributed by atoms with Crippen molar-refractivity contribution in [2.24, 2.45) is 11.0 Å². The van der Waals surface area contributed by atoms with Crippen molar-refractivity contribution in [1.82, 2.24) is 5.43 Å². The number of benzene rings is 3. The number of nitrogens with one attached hydrogen (secondary N) is 1. The molecule has 1 saturated carbocycles. The van der Waals surface area contributed by atoms with Crippen LogP contribution >= 0.6 is 0 Å². The maximum Gasteiger partial charge on any atom is 0.243 e. The third-order valence-electron chi connectivity index (χ3n) is 5.93. The van der Waals surface area contributed by atoms with Crippen molar-refractivity contribution in [3.8, 4) is 5.75 Å². The molecule has 0 spiro atoms. The molecule has 0 radical (unpaired) electrons. The standard InChI is InChI=1S/C27H30N2O2/c1-5-31-25-15-12-18-8-6-7-9-21(18)24(25)17-28-29-26(30)23-16-22(23)19-10-13-20(14-11-19)27(2,3)4/h6-15,17,22-23H,5,16H2,1-4H3,(H,29,30)/t22-,23+/m0/s1. The van der Waals surface area contributed by atoms with Crippen LogP contribution in [0.5, 0.6) is 5.75 Å². The molecule has 1 fully saturated rings. The van der Waals surface area contributed by atoms with Crippen molar-refractivity contribution in [3.05, 3.63) is 77.4 Å². The van der Waals surface area contributed by atoms with Crippen LogP contribution in [0.1, 0.15) is 56.7 Å². The minimum absolute atomic E-state index is 0.0171. The zero-order chi connectivity index (χ0) is 22.0. The number of carbonyl (C=O) groups is 1. The van der Waals surface area contributed by atoms with Gasteiger partial charge in [-0.1, -0.05) is 75.4 Å². The normalized spacial score (nSPS) is 18.3. The molecule has 2 atom stereocenters. The summed E-state index contributed by atoms with van der Waals surface area (Å²) in [6.07, 6.45) is 2.56. The SMILES string of the molecule is CCOc1ccc2ccccc2c1C=NNC(=O)[C@@H]1C[C@H]1c1ccc(C(C)(C)C)cc1.